The smallest absolute Gasteiger partial charge is 0.466 e. The van der Waals surface area contributed by atoms with E-state index in [0.717, 1.165) is 7.11 Å². The fourth-order valence-electron chi connectivity index (χ4n) is 3.76. The lowest BCUT2D eigenvalue weighted by Crippen LogP contribution is -2.48. The minimum atomic E-state index is -5.91. The summed E-state index contributed by atoms with van der Waals surface area (Å²) in [5, 5.41) is 0. The average Bonchev–Trinajstić information content (AvgIpc) is 2.64. The third-order valence-electron chi connectivity index (χ3n) is 4.97. The molecule has 3 unspecified atom stereocenters. The summed E-state index contributed by atoms with van der Waals surface area (Å²) in [7, 11) is -3.39. The van der Waals surface area contributed by atoms with E-state index in [1.165, 1.54) is 7.11 Å². The minimum Gasteiger partial charge on any atom is -0.466 e. The second-order valence-corrected chi connectivity index (χ2v) is 7.81. The quantitative estimate of drug-likeness (QED) is 0.238. The Balaban J connectivity index is 3.52. The molecule has 0 saturated carbocycles. The first-order chi connectivity index (χ1) is 12.9. The molecule has 0 heterocycles. The van der Waals surface area contributed by atoms with Crippen molar-refractivity contribution in [2.24, 2.45) is 11.8 Å². The van der Waals surface area contributed by atoms with Crippen LogP contribution in [0.25, 0.3) is 0 Å². The van der Waals surface area contributed by atoms with Crippen molar-refractivity contribution < 1.29 is 44.8 Å². The molecule has 0 fully saturated rings. The molecule has 0 amide bonds. The van der Waals surface area contributed by atoms with Crippen LogP contribution in [0.15, 0.2) is 11.3 Å². The molecule has 7 nitrogen and oxygen atoms in total. The number of methoxy groups -OCH3 is 2. The lowest BCUT2D eigenvalue weighted by Gasteiger charge is -2.45. The zero-order chi connectivity index (χ0) is 21.8. The third kappa shape index (κ3) is 4.80. The van der Waals surface area contributed by atoms with Gasteiger partial charge >= 0.3 is 21.6 Å². The van der Waals surface area contributed by atoms with Crippen LogP contribution in [-0.2, 0) is 33.3 Å². The van der Waals surface area contributed by atoms with Crippen LogP contribution in [0.5, 0.6) is 0 Å². The van der Waals surface area contributed by atoms with Crippen LogP contribution in [0.1, 0.15) is 46.5 Å². The monoisotopic (exact) mass is 432 g/mol. The number of esters is 1. The number of carbonyl (C=O) groups is 1. The molecule has 28 heavy (non-hydrogen) atoms. The number of halogens is 3. The van der Waals surface area contributed by atoms with Gasteiger partial charge in [-0.25, -0.2) is 4.79 Å². The van der Waals surface area contributed by atoms with E-state index in [-0.39, 0.29) is 18.4 Å². The average molecular weight is 432 g/mol. The van der Waals surface area contributed by atoms with E-state index in [2.05, 4.69) is 4.18 Å². The maximum absolute atomic E-state index is 12.8. The lowest BCUT2D eigenvalue weighted by molar-refractivity contribution is -0.263. The van der Waals surface area contributed by atoms with Gasteiger partial charge in [0.1, 0.15) is 5.76 Å². The van der Waals surface area contributed by atoms with Gasteiger partial charge in [-0.2, -0.15) is 21.6 Å². The van der Waals surface area contributed by atoms with Crippen molar-refractivity contribution in [2.75, 3.05) is 20.8 Å². The van der Waals surface area contributed by atoms with Crippen LogP contribution in [0.3, 0.4) is 0 Å². The van der Waals surface area contributed by atoms with Crippen LogP contribution in [0.2, 0.25) is 0 Å². The number of hydrogen-bond acceptors (Lipinski definition) is 7. The van der Waals surface area contributed by atoms with Gasteiger partial charge in [0.15, 0.2) is 5.79 Å². The molecule has 1 aliphatic carbocycles. The Labute approximate surface area is 163 Å². The fraction of sp³-hybridized carbons (Fsp3) is 0.824. The highest BCUT2D eigenvalue weighted by atomic mass is 32.2. The third-order valence-corrected chi connectivity index (χ3v) is 5.96. The normalized spacial score (nSPS) is 23.3. The van der Waals surface area contributed by atoms with E-state index >= 15 is 0 Å². The molecule has 3 atom stereocenters. The van der Waals surface area contributed by atoms with E-state index in [9.17, 15) is 26.4 Å². The van der Waals surface area contributed by atoms with Crippen molar-refractivity contribution in [1.82, 2.24) is 0 Å². The van der Waals surface area contributed by atoms with Crippen molar-refractivity contribution in [3.8, 4) is 0 Å². The number of ether oxygens (including phenoxy) is 3. The molecule has 0 bridgehead atoms. The summed E-state index contributed by atoms with van der Waals surface area (Å²) >= 11 is 0. The van der Waals surface area contributed by atoms with E-state index in [0.29, 0.717) is 19.4 Å². The SMILES string of the molecule is CCOC(CC)(OC)C1CCC(OS(=O)(=O)C(F)(F)F)=C(C(=O)OC)C1CC. The highest BCUT2D eigenvalue weighted by Crippen LogP contribution is 2.47. The Kier molecular flexibility index (Phi) is 8.33. The molecule has 164 valence electrons. The maximum atomic E-state index is 12.8. The molecular weight excluding hydrogens is 405 g/mol. The van der Waals surface area contributed by atoms with Gasteiger partial charge in [0.25, 0.3) is 0 Å². The van der Waals surface area contributed by atoms with Crippen molar-refractivity contribution in [3.05, 3.63) is 11.3 Å². The fourth-order valence-corrected chi connectivity index (χ4v) is 4.29. The highest BCUT2D eigenvalue weighted by molar-refractivity contribution is 7.87. The van der Waals surface area contributed by atoms with E-state index in [1.54, 1.807) is 13.8 Å². The summed E-state index contributed by atoms with van der Waals surface area (Å²) in [5.41, 5.74) is -5.84. The van der Waals surface area contributed by atoms with Crippen LogP contribution in [0.4, 0.5) is 13.2 Å². The summed E-state index contributed by atoms with van der Waals surface area (Å²) in [6.45, 7) is 5.64. The first-order valence-electron chi connectivity index (χ1n) is 8.95. The van der Waals surface area contributed by atoms with Crippen molar-refractivity contribution >= 4 is 16.1 Å². The Hall–Kier alpha value is -1.33. The number of rotatable bonds is 9. The predicted octanol–water partition coefficient (Wildman–Crippen LogP) is 3.51. The molecule has 1 rings (SSSR count). The van der Waals surface area contributed by atoms with Gasteiger partial charge in [-0.1, -0.05) is 13.8 Å². The number of alkyl halides is 3. The molecule has 1 aliphatic rings. The highest BCUT2D eigenvalue weighted by Gasteiger charge is 2.52. The minimum absolute atomic E-state index is 0.209. The number of hydrogen-bond donors (Lipinski definition) is 0. The van der Waals surface area contributed by atoms with Gasteiger partial charge < -0.3 is 18.4 Å². The van der Waals surface area contributed by atoms with E-state index < -0.39 is 45.0 Å². The van der Waals surface area contributed by atoms with Gasteiger partial charge in [-0.3, -0.25) is 0 Å². The van der Waals surface area contributed by atoms with Gasteiger partial charge in [0.05, 0.1) is 12.7 Å². The first-order valence-corrected chi connectivity index (χ1v) is 10.4. The summed E-state index contributed by atoms with van der Waals surface area (Å²) in [6.07, 6.45) is 0.735. The Morgan fingerprint density at radius 1 is 1.18 bits per heavy atom. The molecule has 0 aromatic rings. The maximum Gasteiger partial charge on any atom is 0.534 e. The molecular formula is C17H27F3O7S. The van der Waals surface area contributed by atoms with Crippen molar-refractivity contribution in [1.29, 1.82) is 0 Å². The zero-order valence-corrected chi connectivity index (χ0v) is 17.4. The Bertz CT molecular complexity index is 681. The van der Waals surface area contributed by atoms with Crippen LogP contribution in [-0.4, -0.2) is 46.5 Å². The van der Waals surface area contributed by atoms with Gasteiger partial charge in [0.2, 0.25) is 0 Å². The molecule has 0 N–H and O–H groups in total. The van der Waals surface area contributed by atoms with Crippen LogP contribution in [0, 0.1) is 11.8 Å². The lowest BCUT2D eigenvalue weighted by atomic mass is 9.71. The molecule has 0 aromatic carbocycles. The molecule has 0 radical (unpaired) electrons. The van der Waals surface area contributed by atoms with Gasteiger partial charge in [-0.05, 0) is 26.2 Å². The van der Waals surface area contributed by atoms with Crippen molar-refractivity contribution in [2.45, 2.75) is 57.7 Å². The second kappa shape index (κ2) is 9.45. The molecule has 0 spiro atoms. The molecule has 0 saturated heterocycles. The van der Waals surface area contributed by atoms with E-state index in [1.807, 2.05) is 6.92 Å². The number of carbonyl (C=O) groups excluding carboxylic acids is 1. The van der Waals surface area contributed by atoms with E-state index in [4.69, 9.17) is 14.2 Å². The molecule has 0 aromatic heterocycles. The first kappa shape index (κ1) is 24.7. The summed E-state index contributed by atoms with van der Waals surface area (Å²) in [4.78, 5) is 12.4. The zero-order valence-electron chi connectivity index (χ0n) is 16.6. The van der Waals surface area contributed by atoms with Crippen LogP contribution >= 0.6 is 0 Å². The molecule has 11 heteroatoms. The van der Waals surface area contributed by atoms with Gasteiger partial charge in [-0.15, -0.1) is 0 Å². The number of allylic oxidation sites excluding steroid dienone is 1. The summed E-state index contributed by atoms with van der Waals surface area (Å²) in [6, 6.07) is 0. The second-order valence-electron chi connectivity index (χ2n) is 6.27. The largest absolute Gasteiger partial charge is 0.534 e. The molecule has 0 aliphatic heterocycles. The topological polar surface area (TPSA) is 88.1 Å². The summed E-state index contributed by atoms with van der Waals surface area (Å²) < 4.78 is 81.7. The Morgan fingerprint density at radius 3 is 2.18 bits per heavy atom. The Morgan fingerprint density at radius 2 is 1.79 bits per heavy atom. The van der Waals surface area contributed by atoms with Crippen molar-refractivity contribution in [3.63, 3.8) is 0 Å². The summed E-state index contributed by atoms with van der Waals surface area (Å²) in [5.74, 6) is -3.66. The predicted molar refractivity (Wildman–Crippen MR) is 93.3 cm³/mol. The van der Waals surface area contributed by atoms with Gasteiger partial charge in [0, 0.05) is 32.0 Å². The van der Waals surface area contributed by atoms with Crippen LogP contribution < -0.4 is 0 Å². The standard InChI is InChI=1S/C17H27F3O7S/c1-6-11-12(16(7-2,25-5)26-8-3)9-10-13(14(11)15(21)24-4)27-28(22,23)17(18,19)20/h11-12H,6-10H2,1-5H3.